The number of rotatable bonds is 5. The quantitative estimate of drug-likeness (QED) is 0.588. The molecule has 29 heavy (non-hydrogen) atoms. The van der Waals surface area contributed by atoms with Gasteiger partial charge in [-0.3, -0.25) is 9.89 Å². The molecule has 0 radical (unpaired) electrons. The molecule has 4 atom stereocenters. The molecule has 2 saturated heterocycles. The average molecular weight is 399 g/mol. The molecule has 5 heteroatoms. The van der Waals surface area contributed by atoms with Crippen molar-refractivity contribution in [2.24, 2.45) is 16.3 Å². The molecule has 2 aliphatic heterocycles. The average Bonchev–Trinajstić information content (AvgIpc) is 3.20. The van der Waals surface area contributed by atoms with Crippen molar-refractivity contribution in [3.05, 3.63) is 35.9 Å². The van der Waals surface area contributed by atoms with Gasteiger partial charge in [0.15, 0.2) is 5.96 Å². The zero-order valence-electron chi connectivity index (χ0n) is 18.5. The Kier molecular flexibility index (Phi) is 6.16. The van der Waals surface area contributed by atoms with E-state index in [9.17, 15) is 0 Å². The highest BCUT2D eigenvalue weighted by Gasteiger charge is 2.59. The highest BCUT2D eigenvalue weighted by Crippen LogP contribution is 2.52. The molecule has 4 unspecified atom stereocenters. The summed E-state index contributed by atoms with van der Waals surface area (Å²) in [6, 6.07) is 12.3. The molecule has 1 saturated carbocycles. The summed E-state index contributed by atoms with van der Waals surface area (Å²) in [5.74, 6) is 1.62. The first-order valence-corrected chi connectivity index (χ1v) is 11.5. The van der Waals surface area contributed by atoms with E-state index in [2.05, 4.69) is 73.6 Å². The SMILES string of the molecule is CCN=C(NC1CCN(C(C)c2ccccc2)CC1)NC1C2CCOC2C1(C)C. The van der Waals surface area contributed by atoms with Crippen molar-refractivity contribution in [2.45, 2.75) is 71.2 Å². The summed E-state index contributed by atoms with van der Waals surface area (Å²) in [5, 5.41) is 7.51. The number of aliphatic imine (C=N–C) groups is 1. The minimum absolute atomic E-state index is 0.172. The Morgan fingerprint density at radius 3 is 2.59 bits per heavy atom. The maximum absolute atomic E-state index is 5.95. The topological polar surface area (TPSA) is 48.9 Å². The standard InChI is InChI=1S/C24H38N4O/c1-5-25-23(27-21-20-13-16-29-22(20)24(21,3)4)26-19-11-14-28(15-12-19)17(2)18-9-7-6-8-10-18/h6-10,17,19-22H,5,11-16H2,1-4H3,(H2,25,26,27). The van der Waals surface area contributed by atoms with Crippen molar-refractivity contribution >= 4 is 5.96 Å². The van der Waals surface area contributed by atoms with Crippen LogP contribution in [0.4, 0.5) is 0 Å². The van der Waals surface area contributed by atoms with Gasteiger partial charge < -0.3 is 15.4 Å². The first-order valence-electron chi connectivity index (χ1n) is 11.5. The summed E-state index contributed by atoms with van der Waals surface area (Å²) in [7, 11) is 0. The van der Waals surface area contributed by atoms with E-state index in [1.807, 2.05) is 0 Å². The molecule has 1 aromatic carbocycles. The van der Waals surface area contributed by atoms with Gasteiger partial charge in [0.2, 0.25) is 0 Å². The van der Waals surface area contributed by atoms with E-state index in [1.54, 1.807) is 0 Å². The molecule has 4 rings (SSSR count). The highest BCUT2D eigenvalue weighted by molar-refractivity contribution is 5.80. The zero-order chi connectivity index (χ0) is 20.4. The molecule has 3 aliphatic rings. The number of benzene rings is 1. The van der Waals surface area contributed by atoms with Gasteiger partial charge in [-0.05, 0) is 38.7 Å². The van der Waals surface area contributed by atoms with Crippen LogP contribution < -0.4 is 10.6 Å². The molecule has 3 fully saturated rings. The van der Waals surface area contributed by atoms with E-state index in [4.69, 9.17) is 9.73 Å². The monoisotopic (exact) mass is 398 g/mol. The lowest BCUT2D eigenvalue weighted by Gasteiger charge is -2.55. The Balaban J connectivity index is 1.31. The number of likely N-dealkylation sites (tertiary alicyclic amines) is 1. The third-order valence-corrected chi connectivity index (χ3v) is 7.41. The van der Waals surface area contributed by atoms with Gasteiger partial charge in [-0.15, -0.1) is 0 Å². The van der Waals surface area contributed by atoms with Gasteiger partial charge in [0.1, 0.15) is 0 Å². The lowest BCUT2D eigenvalue weighted by Crippen LogP contribution is -2.68. The summed E-state index contributed by atoms with van der Waals surface area (Å²) in [6.07, 6.45) is 3.89. The normalized spacial score (nSPS) is 31.0. The van der Waals surface area contributed by atoms with Crippen molar-refractivity contribution < 1.29 is 4.74 Å². The number of hydrogen-bond donors (Lipinski definition) is 2. The van der Waals surface area contributed by atoms with Crippen LogP contribution >= 0.6 is 0 Å². The number of guanidine groups is 1. The highest BCUT2D eigenvalue weighted by atomic mass is 16.5. The van der Waals surface area contributed by atoms with Crippen LogP contribution in [-0.2, 0) is 4.74 Å². The summed E-state index contributed by atoms with van der Waals surface area (Å²) in [5.41, 5.74) is 1.58. The Morgan fingerprint density at radius 2 is 1.90 bits per heavy atom. The summed E-state index contributed by atoms with van der Waals surface area (Å²) < 4.78 is 5.95. The Hall–Kier alpha value is -1.59. The third kappa shape index (κ3) is 4.17. The summed E-state index contributed by atoms with van der Waals surface area (Å²) in [4.78, 5) is 7.37. The van der Waals surface area contributed by atoms with Crippen molar-refractivity contribution in [3.63, 3.8) is 0 Å². The lowest BCUT2D eigenvalue weighted by atomic mass is 9.57. The number of ether oxygens (including phenoxy) is 1. The van der Waals surface area contributed by atoms with Crippen LogP contribution in [0.1, 0.15) is 58.6 Å². The van der Waals surface area contributed by atoms with Gasteiger partial charge in [0.05, 0.1) is 6.10 Å². The fourth-order valence-corrected chi connectivity index (χ4v) is 5.62. The van der Waals surface area contributed by atoms with Crippen molar-refractivity contribution in [1.82, 2.24) is 15.5 Å². The molecular weight excluding hydrogens is 360 g/mol. The van der Waals surface area contributed by atoms with Gasteiger partial charge in [-0.1, -0.05) is 44.2 Å². The van der Waals surface area contributed by atoms with E-state index < -0.39 is 0 Å². The lowest BCUT2D eigenvalue weighted by molar-refractivity contribution is -0.106. The summed E-state index contributed by atoms with van der Waals surface area (Å²) >= 11 is 0. The second-order valence-electron chi connectivity index (χ2n) is 9.55. The van der Waals surface area contributed by atoms with E-state index >= 15 is 0 Å². The van der Waals surface area contributed by atoms with Gasteiger partial charge in [-0.25, -0.2) is 0 Å². The van der Waals surface area contributed by atoms with Crippen LogP contribution in [0.25, 0.3) is 0 Å². The number of nitrogens with one attached hydrogen (secondary N) is 2. The van der Waals surface area contributed by atoms with Crippen LogP contribution in [-0.4, -0.2) is 55.3 Å². The number of nitrogens with zero attached hydrogens (tertiary/aromatic N) is 2. The Morgan fingerprint density at radius 1 is 1.17 bits per heavy atom. The number of fused-ring (bicyclic) bond motifs is 1. The van der Waals surface area contributed by atoms with E-state index in [0.29, 0.717) is 30.1 Å². The first kappa shape index (κ1) is 20.7. The van der Waals surface area contributed by atoms with Crippen LogP contribution in [0.3, 0.4) is 0 Å². The minimum atomic E-state index is 0.172. The minimum Gasteiger partial charge on any atom is -0.377 e. The van der Waals surface area contributed by atoms with Crippen LogP contribution in [0, 0.1) is 11.3 Å². The molecule has 0 bridgehead atoms. The fourth-order valence-electron chi connectivity index (χ4n) is 5.62. The van der Waals surface area contributed by atoms with Crippen LogP contribution in [0.2, 0.25) is 0 Å². The molecule has 2 N–H and O–H groups in total. The molecule has 5 nitrogen and oxygen atoms in total. The summed E-state index contributed by atoms with van der Waals surface area (Å²) in [6.45, 7) is 13.0. The second-order valence-corrected chi connectivity index (χ2v) is 9.55. The van der Waals surface area contributed by atoms with Gasteiger partial charge in [0, 0.05) is 55.7 Å². The van der Waals surface area contributed by atoms with Gasteiger partial charge in [0.25, 0.3) is 0 Å². The largest absolute Gasteiger partial charge is 0.377 e. The predicted octanol–water partition coefficient (Wildman–Crippen LogP) is 3.58. The van der Waals surface area contributed by atoms with Gasteiger partial charge >= 0.3 is 0 Å². The first-order chi connectivity index (χ1) is 14.0. The molecule has 1 aliphatic carbocycles. The Labute approximate surface area is 176 Å². The van der Waals surface area contributed by atoms with E-state index in [0.717, 1.165) is 45.0 Å². The molecule has 2 heterocycles. The number of piperidine rings is 1. The maximum atomic E-state index is 5.95. The Bertz CT molecular complexity index is 696. The van der Waals surface area contributed by atoms with E-state index in [1.165, 1.54) is 12.0 Å². The van der Waals surface area contributed by atoms with Crippen molar-refractivity contribution in [3.8, 4) is 0 Å². The fraction of sp³-hybridized carbons (Fsp3) is 0.708. The number of hydrogen-bond acceptors (Lipinski definition) is 3. The zero-order valence-corrected chi connectivity index (χ0v) is 18.5. The van der Waals surface area contributed by atoms with Gasteiger partial charge in [-0.2, -0.15) is 0 Å². The maximum Gasteiger partial charge on any atom is 0.191 e. The molecular formula is C24H38N4O. The third-order valence-electron chi connectivity index (χ3n) is 7.41. The van der Waals surface area contributed by atoms with Crippen molar-refractivity contribution in [1.29, 1.82) is 0 Å². The van der Waals surface area contributed by atoms with E-state index in [-0.39, 0.29) is 5.41 Å². The molecule has 0 aromatic heterocycles. The molecule has 0 spiro atoms. The second kappa shape index (κ2) is 8.65. The molecule has 0 amide bonds. The van der Waals surface area contributed by atoms with Crippen molar-refractivity contribution in [2.75, 3.05) is 26.2 Å². The molecule has 160 valence electrons. The van der Waals surface area contributed by atoms with Crippen LogP contribution in [0.15, 0.2) is 35.3 Å². The predicted molar refractivity (Wildman–Crippen MR) is 119 cm³/mol. The van der Waals surface area contributed by atoms with Crippen LogP contribution in [0.5, 0.6) is 0 Å². The smallest absolute Gasteiger partial charge is 0.191 e. The molecule has 1 aromatic rings.